The predicted octanol–water partition coefficient (Wildman–Crippen LogP) is 2.05. The van der Waals surface area contributed by atoms with Crippen molar-refractivity contribution in [2.45, 2.75) is 25.8 Å². The standard InChI is InChI=1S/C12H14N2OS/c1-9(4-10-2-3-16-8-10)14-7-11(6-13)5-12(14)15/h2-3,8-9,11H,4-5,7H2,1H3. The van der Waals surface area contributed by atoms with Crippen LogP contribution < -0.4 is 0 Å². The van der Waals surface area contributed by atoms with Crippen LogP contribution in [0.5, 0.6) is 0 Å². The zero-order valence-electron chi connectivity index (χ0n) is 9.22. The molecule has 1 fully saturated rings. The fourth-order valence-electron chi connectivity index (χ4n) is 2.10. The summed E-state index contributed by atoms with van der Waals surface area (Å²) in [6.07, 6.45) is 1.28. The molecule has 1 saturated heterocycles. The highest BCUT2D eigenvalue weighted by Gasteiger charge is 2.32. The molecule has 2 rings (SSSR count). The van der Waals surface area contributed by atoms with E-state index in [1.807, 2.05) is 10.3 Å². The molecule has 3 nitrogen and oxygen atoms in total. The Morgan fingerprint density at radius 2 is 2.56 bits per heavy atom. The van der Waals surface area contributed by atoms with Gasteiger partial charge in [-0.3, -0.25) is 4.79 Å². The van der Waals surface area contributed by atoms with Crippen LogP contribution in [0.1, 0.15) is 18.9 Å². The number of carbonyl (C=O) groups excluding carboxylic acids is 1. The Hall–Kier alpha value is -1.34. The number of hydrogen-bond acceptors (Lipinski definition) is 3. The molecule has 0 aromatic carbocycles. The SMILES string of the molecule is CC(Cc1ccsc1)N1CC(C#N)CC1=O. The predicted molar refractivity (Wildman–Crippen MR) is 62.9 cm³/mol. The molecule has 0 aliphatic carbocycles. The Kier molecular flexibility index (Phi) is 3.25. The quantitative estimate of drug-likeness (QED) is 0.803. The topological polar surface area (TPSA) is 44.1 Å². The molecule has 2 unspecified atom stereocenters. The van der Waals surface area contributed by atoms with Gasteiger partial charge in [-0.1, -0.05) is 0 Å². The van der Waals surface area contributed by atoms with E-state index in [0.29, 0.717) is 13.0 Å². The lowest BCUT2D eigenvalue weighted by atomic mass is 10.1. The molecule has 1 amide bonds. The van der Waals surface area contributed by atoms with Crippen LogP contribution in [0.4, 0.5) is 0 Å². The lowest BCUT2D eigenvalue weighted by Gasteiger charge is -2.23. The van der Waals surface area contributed by atoms with Gasteiger partial charge >= 0.3 is 0 Å². The minimum absolute atomic E-state index is 0.113. The third kappa shape index (κ3) is 2.25. The molecule has 0 saturated carbocycles. The average molecular weight is 234 g/mol. The molecule has 4 heteroatoms. The van der Waals surface area contributed by atoms with Crippen LogP contribution in [-0.4, -0.2) is 23.4 Å². The first kappa shape index (κ1) is 11.2. The van der Waals surface area contributed by atoms with Crippen molar-refractivity contribution in [1.29, 1.82) is 5.26 Å². The van der Waals surface area contributed by atoms with Gasteiger partial charge in [-0.05, 0) is 35.7 Å². The van der Waals surface area contributed by atoms with Crippen LogP contribution in [0.2, 0.25) is 0 Å². The Labute approximate surface area is 99.3 Å². The minimum Gasteiger partial charge on any atom is -0.338 e. The van der Waals surface area contributed by atoms with E-state index in [-0.39, 0.29) is 17.9 Å². The summed E-state index contributed by atoms with van der Waals surface area (Å²) in [4.78, 5) is 13.5. The van der Waals surface area contributed by atoms with Gasteiger partial charge < -0.3 is 4.90 Å². The van der Waals surface area contributed by atoms with E-state index in [4.69, 9.17) is 5.26 Å². The van der Waals surface area contributed by atoms with Crippen molar-refractivity contribution < 1.29 is 4.79 Å². The minimum atomic E-state index is -0.113. The summed E-state index contributed by atoms with van der Waals surface area (Å²) in [5.41, 5.74) is 1.27. The second-order valence-corrected chi connectivity index (χ2v) is 5.04. The van der Waals surface area contributed by atoms with Crippen molar-refractivity contribution in [3.63, 3.8) is 0 Å². The third-order valence-corrected chi connectivity index (χ3v) is 3.72. The molecule has 16 heavy (non-hydrogen) atoms. The Morgan fingerprint density at radius 3 is 3.12 bits per heavy atom. The van der Waals surface area contributed by atoms with E-state index in [0.717, 1.165) is 6.42 Å². The first-order chi connectivity index (χ1) is 7.70. The number of hydrogen-bond donors (Lipinski definition) is 0. The van der Waals surface area contributed by atoms with Gasteiger partial charge in [-0.15, -0.1) is 0 Å². The zero-order valence-corrected chi connectivity index (χ0v) is 10.0. The fourth-order valence-corrected chi connectivity index (χ4v) is 2.79. The first-order valence-electron chi connectivity index (χ1n) is 5.41. The van der Waals surface area contributed by atoms with Gasteiger partial charge in [0.1, 0.15) is 0 Å². The van der Waals surface area contributed by atoms with Crippen LogP contribution in [-0.2, 0) is 11.2 Å². The van der Waals surface area contributed by atoms with Gasteiger partial charge in [0.2, 0.25) is 5.91 Å². The number of carbonyl (C=O) groups is 1. The van der Waals surface area contributed by atoms with Crippen LogP contribution >= 0.6 is 11.3 Å². The number of nitrogens with zero attached hydrogens (tertiary/aromatic N) is 2. The monoisotopic (exact) mass is 234 g/mol. The maximum atomic E-state index is 11.7. The molecule has 1 aliphatic rings. The molecule has 84 valence electrons. The van der Waals surface area contributed by atoms with Crippen molar-refractivity contribution in [2.24, 2.45) is 5.92 Å². The molecule has 1 aromatic rings. The summed E-state index contributed by atoms with van der Waals surface area (Å²) in [6.45, 7) is 2.65. The van der Waals surface area contributed by atoms with E-state index in [9.17, 15) is 4.79 Å². The lowest BCUT2D eigenvalue weighted by molar-refractivity contribution is -0.129. The number of nitriles is 1. The summed E-state index contributed by atoms with van der Waals surface area (Å²) in [5.74, 6) is 0.00621. The molecule has 0 N–H and O–H groups in total. The second kappa shape index (κ2) is 4.67. The van der Waals surface area contributed by atoms with E-state index >= 15 is 0 Å². The van der Waals surface area contributed by atoms with Crippen LogP contribution in [0.3, 0.4) is 0 Å². The molecule has 0 radical (unpaired) electrons. The Balaban J connectivity index is 1.98. The average Bonchev–Trinajstić information content (AvgIpc) is 2.87. The molecule has 0 bridgehead atoms. The molecule has 2 atom stereocenters. The highest BCUT2D eigenvalue weighted by molar-refractivity contribution is 7.07. The van der Waals surface area contributed by atoms with E-state index in [1.54, 1.807) is 11.3 Å². The maximum absolute atomic E-state index is 11.7. The summed E-state index contributed by atoms with van der Waals surface area (Å²) in [5, 5.41) is 13.0. The second-order valence-electron chi connectivity index (χ2n) is 4.26. The first-order valence-corrected chi connectivity index (χ1v) is 6.35. The molecule has 2 heterocycles. The van der Waals surface area contributed by atoms with Gasteiger partial charge in [0.05, 0.1) is 12.0 Å². The molecule has 1 aliphatic heterocycles. The van der Waals surface area contributed by atoms with Crippen LogP contribution in [0.25, 0.3) is 0 Å². The van der Waals surface area contributed by atoms with Gasteiger partial charge in [0, 0.05) is 19.0 Å². The van der Waals surface area contributed by atoms with Gasteiger partial charge in [0.15, 0.2) is 0 Å². The largest absolute Gasteiger partial charge is 0.338 e. The summed E-state index contributed by atoms with van der Waals surface area (Å²) >= 11 is 1.67. The summed E-state index contributed by atoms with van der Waals surface area (Å²) < 4.78 is 0. The van der Waals surface area contributed by atoms with Crippen molar-refractivity contribution >= 4 is 17.2 Å². The zero-order chi connectivity index (χ0) is 11.5. The van der Waals surface area contributed by atoms with Crippen molar-refractivity contribution in [3.8, 4) is 6.07 Å². The van der Waals surface area contributed by atoms with Gasteiger partial charge in [-0.2, -0.15) is 16.6 Å². The molecule has 1 aromatic heterocycles. The number of amides is 1. The Bertz CT molecular complexity index is 407. The van der Waals surface area contributed by atoms with Crippen molar-refractivity contribution in [2.75, 3.05) is 6.54 Å². The van der Waals surface area contributed by atoms with Crippen LogP contribution in [0, 0.1) is 17.2 Å². The van der Waals surface area contributed by atoms with Gasteiger partial charge in [-0.25, -0.2) is 0 Å². The fraction of sp³-hybridized carbons (Fsp3) is 0.500. The maximum Gasteiger partial charge on any atom is 0.224 e. The summed E-state index contributed by atoms with van der Waals surface area (Å²) in [7, 11) is 0. The molecule has 0 spiro atoms. The van der Waals surface area contributed by atoms with Gasteiger partial charge in [0.25, 0.3) is 0 Å². The Morgan fingerprint density at radius 1 is 1.75 bits per heavy atom. The van der Waals surface area contributed by atoms with E-state index < -0.39 is 0 Å². The third-order valence-electron chi connectivity index (χ3n) is 2.98. The molecular formula is C12H14N2OS. The molecular weight excluding hydrogens is 220 g/mol. The number of rotatable bonds is 3. The lowest BCUT2D eigenvalue weighted by Crippen LogP contribution is -2.35. The van der Waals surface area contributed by atoms with E-state index in [1.165, 1.54) is 5.56 Å². The number of thiophene rings is 1. The van der Waals surface area contributed by atoms with Crippen LogP contribution in [0.15, 0.2) is 16.8 Å². The van der Waals surface area contributed by atoms with Crippen molar-refractivity contribution in [1.82, 2.24) is 4.90 Å². The normalized spacial score (nSPS) is 22.1. The van der Waals surface area contributed by atoms with E-state index in [2.05, 4.69) is 24.4 Å². The summed E-state index contributed by atoms with van der Waals surface area (Å²) in [6, 6.07) is 4.46. The number of likely N-dealkylation sites (tertiary alicyclic amines) is 1. The van der Waals surface area contributed by atoms with Crippen molar-refractivity contribution in [3.05, 3.63) is 22.4 Å². The highest BCUT2D eigenvalue weighted by atomic mass is 32.1. The smallest absolute Gasteiger partial charge is 0.224 e. The highest BCUT2D eigenvalue weighted by Crippen LogP contribution is 2.21.